The van der Waals surface area contributed by atoms with E-state index in [-0.39, 0.29) is 12.3 Å². The van der Waals surface area contributed by atoms with Gasteiger partial charge in [0.1, 0.15) is 0 Å². The van der Waals surface area contributed by atoms with Crippen LogP contribution in [0.2, 0.25) is 0 Å². The Kier molecular flexibility index (Phi) is 6.71. The number of thiazole rings is 1. The Morgan fingerprint density at radius 1 is 1.24 bits per heavy atom. The van der Waals surface area contributed by atoms with Crippen molar-refractivity contribution < 1.29 is 19.1 Å². The van der Waals surface area contributed by atoms with E-state index in [0.717, 1.165) is 11.4 Å². The molecular formula is C20H24N4O4S. The smallest absolute Gasteiger partial charge is 0.269 e. The van der Waals surface area contributed by atoms with Crippen LogP contribution in [0.15, 0.2) is 36.0 Å². The van der Waals surface area contributed by atoms with Gasteiger partial charge in [-0.2, -0.15) is 0 Å². The second-order valence-corrected chi connectivity index (χ2v) is 7.77. The molecule has 2 heterocycles. The number of hydrazine groups is 1. The molecule has 0 radical (unpaired) electrons. The van der Waals surface area contributed by atoms with E-state index in [9.17, 15) is 9.59 Å². The first-order valence-corrected chi connectivity index (χ1v) is 10.2. The molecule has 29 heavy (non-hydrogen) atoms. The summed E-state index contributed by atoms with van der Waals surface area (Å²) in [6, 6.07) is 4.89. The number of carbonyl (C=O) groups excluding carboxylic acids is 2. The Hall–Kier alpha value is -3.07. The lowest BCUT2D eigenvalue weighted by Crippen LogP contribution is -2.42. The van der Waals surface area contributed by atoms with Crippen molar-refractivity contribution in [3.8, 4) is 11.5 Å². The van der Waals surface area contributed by atoms with Crippen molar-refractivity contribution in [1.29, 1.82) is 0 Å². The van der Waals surface area contributed by atoms with E-state index in [1.165, 1.54) is 18.4 Å². The molecule has 0 aliphatic rings. The molecule has 0 spiro atoms. The van der Waals surface area contributed by atoms with Crippen molar-refractivity contribution >= 4 is 28.1 Å². The lowest BCUT2D eigenvalue weighted by atomic mass is 10.1. The van der Waals surface area contributed by atoms with Gasteiger partial charge in [-0.25, -0.2) is 4.98 Å². The Labute approximate surface area is 172 Å². The van der Waals surface area contributed by atoms with Crippen LogP contribution in [0.5, 0.6) is 11.5 Å². The first-order chi connectivity index (χ1) is 14.0. The molecule has 0 atom stereocenters. The highest BCUT2D eigenvalue weighted by molar-refractivity contribution is 7.15. The third-order valence-corrected chi connectivity index (χ3v) is 4.95. The van der Waals surface area contributed by atoms with Crippen LogP contribution in [0.4, 0.5) is 0 Å². The maximum atomic E-state index is 12.3. The molecule has 2 aromatic heterocycles. The van der Waals surface area contributed by atoms with Crippen molar-refractivity contribution in [3.63, 3.8) is 0 Å². The summed E-state index contributed by atoms with van der Waals surface area (Å²) >= 11 is 1.49. The highest BCUT2D eigenvalue weighted by Gasteiger charge is 2.13. The van der Waals surface area contributed by atoms with Crippen LogP contribution in [0.3, 0.4) is 0 Å². The summed E-state index contributed by atoms with van der Waals surface area (Å²) in [6.45, 7) is 4.82. The van der Waals surface area contributed by atoms with Crippen LogP contribution < -0.4 is 20.3 Å². The molecule has 1 aromatic carbocycles. The number of ether oxygens (including phenoxy) is 2. The van der Waals surface area contributed by atoms with E-state index in [0.29, 0.717) is 35.3 Å². The van der Waals surface area contributed by atoms with Crippen LogP contribution in [0.25, 0.3) is 4.96 Å². The highest BCUT2D eigenvalue weighted by atomic mass is 32.1. The number of nitrogens with zero attached hydrogens (tertiary/aromatic N) is 2. The number of imidazole rings is 1. The van der Waals surface area contributed by atoms with E-state index < -0.39 is 5.91 Å². The van der Waals surface area contributed by atoms with Crippen molar-refractivity contribution in [2.75, 3.05) is 13.7 Å². The summed E-state index contributed by atoms with van der Waals surface area (Å²) in [5.41, 5.74) is 5.80. The molecule has 2 N–H and O–H groups in total. The van der Waals surface area contributed by atoms with Gasteiger partial charge in [-0.1, -0.05) is 13.8 Å². The van der Waals surface area contributed by atoms with Crippen LogP contribution in [-0.2, 0) is 11.2 Å². The van der Waals surface area contributed by atoms with E-state index in [4.69, 9.17) is 9.47 Å². The number of rotatable bonds is 8. The molecule has 2 amide bonds. The second kappa shape index (κ2) is 9.42. The second-order valence-electron chi connectivity index (χ2n) is 6.90. The summed E-state index contributed by atoms with van der Waals surface area (Å²) in [6.07, 6.45) is 4.66. The number of hydrogen-bond acceptors (Lipinski definition) is 6. The van der Waals surface area contributed by atoms with E-state index in [1.54, 1.807) is 24.4 Å². The van der Waals surface area contributed by atoms with Crippen molar-refractivity contribution in [2.24, 2.45) is 5.92 Å². The molecule has 0 saturated heterocycles. The van der Waals surface area contributed by atoms with Gasteiger partial charge in [0.15, 0.2) is 16.5 Å². The fourth-order valence-electron chi connectivity index (χ4n) is 2.60. The SMILES string of the molecule is COc1cc(C(=O)NNC(=O)Cc2cn3ccsc3n2)ccc1OCCC(C)C. The summed E-state index contributed by atoms with van der Waals surface area (Å²) in [5, 5.41) is 1.92. The topological polar surface area (TPSA) is 94.0 Å². The van der Waals surface area contributed by atoms with Crippen LogP contribution in [0.1, 0.15) is 36.3 Å². The minimum Gasteiger partial charge on any atom is -0.493 e. The molecule has 0 aliphatic carbocycles. The number of hydrogen-bond donors (Lipinski definition) is 2. The first-order valence-electron chi connectivity index (χ1n) is 9.27. The number of aromatic nitrogens is 2. The van der Waals surface area contributed by atoms with E-state index in [1.807, 2.05) is 16.0 Å². The number of carbonyl (C=O) groups is 2. The first kappa shape index (κ1) is 20.7. The Morgan fingerprint density at radius 3 is 2.79 bits per heavy atom. The molecule has 9 heteroatoms. The third-order valence-electron chi connectivity index (χ3n) is 4.18. The summed E-state index contributed by atoms with van der Waals surface area (Å²) < 4.78 is 12.9. The van der Waals surface area contributed by atoms with Gasteiger partial charge >= 0.3 is 0 Å². The zero-order chi connectivity index (χ0) is 20.8. The van der Waals surface area contributed by atoms with Gasteiger partial charge in [0.2, 0.25) is 5.91 Å². The minimum absolute atomic E-state index is 0.0701. The fourth-order valence-corrected chi connectivity index (χ4v) is 3.32. The summed E-state index contributed by atoms with van der Waals surface area (Å²) in [7, 11) is 1.52. The number of fused-ring (bicyclic) bond motifs is 1. The summed E-state index contributed by atoms with van der Waals surface area (Å²) in [5.74, 6) is 0.772. The van der Waals surface area contributed by atoms with Crippen molar-refractivity contribution in [2.45, 2.75) is 26.7 Å². The molecule has 154 valence electrons. The number of nitrogens with one attached hydrogen (secondary N) is 2. The Morgan fingerprint density at radius 2 is 2.07 bits per heavy atom. The molecule has 0 unspecified atom stereocenters. The average Bonchev–Trinajstić information content (AvgIpc) is 3.27. The van der Waals surface area contributed by atoms with Gasteiger partial charge in [0.25, 0.3) is 5.91 Å². The third kappa shape index (κ3) is 5.47. The van der Waals surface area contributed by atoms with Gasteiger partial charge in [-0.15, -0.1) is 11.3 Å². The predicted molar refractivity (Wildman–Crippen MR) is 110 cm³/mol. The van der Waals surface area contributed by atoms with Gasteiger partial charge in [-0.05, 0) is 30.5 Å². The minimum atomic E-state index is -0.448. The molecule has 3 aromatic rings. The van der Waals surface area contributed by atoms with Gasteiger partial charge in [0, 0.05) is 23.3 Å². The van der Waals surface area contributed by atoms with E-state index in [2.05, 4.69) is 29.7 Å². The standard InChI is InChI=1S/C20H24N4O4S/c1-13(2)6-8-28-16-5-4-14(10-17(16)27-3)19(26)23-22-18(25)11-15-12-24-7-9-29-20(24)21-15/h4-5,7,9-10,12-13H,6,8,11H2,1-3H3,(H,22,25)(H,23,26). The van der Waals surface area contributed by atoms with Crippen molar-refractivity contribution in [1.82, 2.24) is 20.2 Å². The van der Waals surface area contributed by atoms with E-state index >= 15 is 0 Å². The molecule has 0 aliphatic heterocycles. The maximum Gasteiger partial charge on any atom is 0.269 e. The largest absolute Gasteiger partial charge is 0.493 e. The zero-order valence-electron chi connectivity index (χ0n) is 16.6. The number of benzene rings is 1. The molecule has 0 fully saturated rings. The van der Waals surface area contributed by atoms with Gasteiger partial charge in [0.05, 0.1) is 25.8 Å². The predicted octanol–water partition coefficient (Wildman–Crippen LogP) is 2.83. The highest BCUT2D eigenvalue weighted by Crippen LogP contribution is 2.28. The fraction of sp³-hybridized carbons (Fsp3) is 0.350. The van der Waals surface area contributed by atoms with Crippen LogP contribution in [0, 0.1) is 5.92 Å². The maximum absolute atomic E-state index is 12.3. The molecule has 0 bridgehead atoms. The van der Waals surface area contributed by atoms with Gasteiger partial charge in [-0.3, -0.25) is 24.8 Å². The molecule has 8 nitrogen and oxygen atoms in total. The lowest BCUT2D eigenvalue weighted by Gasteiger charge is -2.13. The number of methoxy groups -OCH3 is 1. The molecule has 0 saturated carbocycles. The monoisotopic (exact) mass is 416 g/mol. The molecule has 3 rings (SSSR count). The zero-order valence-corrected chi connectivity index (χ0v) is 17.4. The summed E-state index contributed by atoms with van der Waals surface area (Å²) in [4.78, 5) is 29.6. The average molecular weight is 417 g/mol. The Bertz CT molecular complexity index is 967. The quantitative estimate of drug-likeness (QED) is 0.551. The van der Waals surface area contributed by atoms with Crippen LogP contribution >= 0.6 is 11.3 Å². The van der Waals surface area contributed by atoms with Crippen molar-refractivity contribution in [3.05, 3.63) is 47.2 Å². The number of amides is 2. The lowest BCUT2D eigenvalue weighted by molar-refractivity contribution is -0.121. The van der Waals surface area contributed by atoms with Gasteiger partial charge < -0.3 is 9.47 Å². The molecular weight excluding hydrogens is 392 g/mol. The van der Waals surface area contributed by atoms with Crippen LogP contribution in [-0.4, -0.2) is 34.9 Å². The normalized spacial score (nSPS) is 10.9. The Balaban J connectivity index is 1.53.